The Hall–Kier alpha value is -2.91. The maximum absolute atomic E-state index is 11.9. The number of hydrogen-bond acceptors (Lipinski definition) is 5. The highest BCUT2D eigenvalue weighted by atomic mass is 32.1. The van der Waals surface area contributed by atoms with Crippen molar-refractivity contribution in [2.75, 3.05) is 0 Å². The lowest BCUT2D eigenvalue weighted by Gasteiger charge is -2.11. The third-order valence-electron chi connectivity index (χ3n) is 3.13. The zero-order valence-corrected chi connectivity index (χ0v) is 13.9. The molecule has 0 fully saturated rings. The Kier molecular flexibility index (Phi) is 6.29. The standard InChI is InChI=1S/C18H16N2O3S/c1-13(18(22)20-12-16-3-2-10-24-16)23-17(21)9-8-14-4-6-15(11-19)7-5-14/h2-10,13H,12H2,1H3,(H,20,22)/b9-8+/t13-/m0/s1. The highest BCUT2D eigenvalue weighted by Crippen LogP contribution is 2.08. The summed E-state index contributed by atoms with van der Waals surface area (Å²) in [5.74, 6) is -0.943. The molecule has 5 nitrogen and oxygen atoms in total. The van der Waals surface area contributed by atoms with Crippen molar-refractivity contribution in [3.63, 3.8) is 0 Å². The fourth-order valence-electron chi connectivity index (χ4n) is 1.83. The predicted octanol–water partition coefficient (Wildman–Crippen LogP) is 2.88. The molecule has 1 atom stereocenters. The van der Waals surface area contributed by atoms with E-state index in [0.717, 1.165) is 10.4 Å². The van der Waals surface area contributed by atoms with Crippen molar-refractivity contribution < 1.29 is 14.3 Å². The van der Waals surface area contributed by atoms with Crippen LogP contribution in [0.3, 0.4) is 0 Å². The molecular weight excluding hydrogens is 324 g/mol. The molecule has 1 N–H and O–H groups in total. The van der Waals surface area contributed by atoms with Crippen LogP contribution in [0, 0.1) is 11.3 Å². The maximum Gasteiger partial charge on any atom is 0.331 e. The van der Waals surface area contributed by atoms with E-state index in [-0.39, 0.29) is 5.91 Å². The van der Waals surface area contributed by atoms with Gasteiger partial charge in [0.2, 0.25) is 0 Å². The van der Waals surface area contributed by atoms with Gasteiger partial charge in [-0.3, -0.25) is 4.79 Å². The quantitative estimate of drug-likeness (QED) is 0.648. The minimum absolute atomic E-state index is 0.344. The van der Waals surface area contributed by atoms with Crippen molar-refractivity contribution in [1.82, 2.24) is 5.32 Å². The van der Waals surface area contributed by atoms with Crippen LogP contribution in [0.2, 0.25) is 0 Å². The van der Waals surface area contributed by atoms with Crippen LogP contribution in [0.5, 0.6) is 0 Å². The molecule has 1 heterocycles. The Morgan fingerprint density at radius 2 is 2.08 bits per heavy atom. The number of carbonyl (C=O) groups is 2. The predicted molar refractivity (Wildman–Crippen MR) is 91.9 cm³/mol. The molecule has 0 radical (unpaired) electrons. The van der Waals surface area contributed by atoms with Crippen molar-refractivity contribution in [2.24, 2.45) is 0 Å². The summed E-state index contributed by atoms with van der Waals surface area (Å²) in [6, 6.07) is 12.6. The first-order valence-electron chi connectivity index (χ1n) is 7.27. The lowest BCUT2D eigenvalue weighted by atomic mass is 10.1. The number of ether oxygens (including phenoxy) is 1. The van der Waals surface area contributed by atoms with Gasteiger partial charge in [0.1, 0.15) is 0 Å². The number of nitrogens with zero attached hydrogens (tertiary/aromatic N) is 1. The van der Waals surface area contributed by atoms with Crippen molar-refractivity contribution in [2.45, 2.75) is 19.6 Å². The molecule has 1 aromatic carbocycles. The maximum atomic E-state index is 11.9. The number of nitriles is 1. The SMILES string of the molecule is C[C@H](OC(=O)/C=C/c1ccc(C#N)cc1)C(=O)NCc1cccs1. The third-order valence-corrected chi connectivity index (χ3v) is 4.01. The number of hydrogen-bond donors (Lipinski definition) is 1. The highest BCUT2D eigenvalue weighted by Gasteiger charge is 2.16. The zero-order valence-electron chi connectivity index (χ0n) is 13.1. The molecule has 0 aliphatic heterocycles. The zero-order chi connectivity index (χ0) is 17.4. The summed E-state index contributed by atoms with van der Waals surface area (Å²) in [5.41, 5.74) is 1.31. The third kappa shape index (κ3) is 5.38. The minimum atomic E-state index is -0.872. The minimum Gasteiger partial charge on any atom is -0.449 e. The Bertz CT molecular complexity index is 759. The molecule has 2 rings (SSSR count). The summed E-state index contributed by atoms with van der Waals surface area (Å²) in [6.45, 7) is 1.94. The van der Waals surface area contributed by atoms with Crippen LogP contribution >= 0.6 is 11.3 Å². The largest absolute Gasteiger partial charge is 0.449 e. The topological polar surface area (TPSA) is 79.2 Å². The van der Waals surface area contributed by atoms with Gasteiger partial charge in [-0.05, 0) is 42.1 Å². The fraction of sp³-hybridized carbons (Fsp3) is 0.167. The van der Waals surface area contributed by atoms with E-state index in [1.54, 1.807) is 41.7 Å². The van der Waals surface area contributed by atoms with Crippen LogP contribution in [-0.4, -0.2) is 18.0 Å². The second-order valence-electron chi connectivity index (χ2n) is 4.94. The smallest absolute Gasteiger partial charge is 0.331 e. The molecule has 6 heteroatoms. The van der Waals surface area contributed by atoms with Crippen LogP contribution in [0.15, 0.2) is 47.9 Å². The van der Waals surface area contributed by atoms with Gasteiger partial charge in [0.25, 0.3) is 5.91 Å². The van der Waals surface area contributed by atoms with E-state index in [1.165, 1.54) is 13.0 Å². The first kappa shape index (κ1) is 17.4. The van der Waals surface area contributed by atoms with Gasteiger partial charge in [-0.2, -0.15) is 5.26 Å². The number of thiophene rings is 1. The normalized spacial score (nSPS) is 11.7. The number of nitrogens with one attached hydrogen (secondary N) is 1. The monoisotopic (exact) mass is 340 g/mol. The Morgan fingerprint density at radius 3 is 2.71 bits per heavy atom. The van der Waals surface area contributed by atoms with Gasteiger partial charge in [0.05, 0.1) is 18.2 Å². The summed E-state index contributed by atoms with van der Waals surface area (Å²) in [7, 11) is 0. The van der Waals surface area contributed by atoms with Gasteiger partial charge in [0, 0.05) is 11.0 Å². The summed E-state index contributed by atoms with van der Waals surface area (Å²) in [6.07, 6.45) is 1.95. The summed E-state index contributed by atoms with van der Waals surface area (Å²) in [4.78, 5) is 24.7. The van der Waals surface area contributed by atoms with Gasteiger partial charge < -0.3 is 10.1 Å². The van der Waals surface area contributed by atoms with Gasteiger partial charge in [-0.1, -0.05) is 18.2 Å². The van der Waals surface area contributed by atoms with E-state index in [1.807, 2.05) is 23.6 Å². The molecule has 0 aliphatic carbocycles. The van der Waals surface area contributed by atoms with Gasteiger partial charge in [-0.15, -0.1) is 11.3 Å². The van der Waals surface area contributed by atoms with Gasteiger partial charge in [0.15, 0.2) is 6.10 Å². The molecule has 2 aromatic rings. The number of benzene rings is 1. The Labute approximate surface area is 144 Å². The van der Waals surface area contributed by atoms with E-state index in [9.17, 15) is 9.59 Å². The summed E-state index contributed by atoms with van der Waals surface area (Å²) < 4.78 is 5.06. The average molecular weight is 340 g/mol. The summed E-state index contributed by atoms with van der Waals surface area (Å²) in [5, 5.41) is 13.4. The molecule has 0 bridgehead atoms. The number of rotatable bonds is 6. The lowest BCUT2D eigenvalue weighted by molar-refractivity contribution is -0.150. The molecule has 1 aromatic heterocycles. The van der Waals surface area contributed by atoms with Crippen molar-refractivity contribution in [1.29, 1.82) is 5.26 Å². The van der Waals surface area contributed by atoms with Gasteiger partial charge >= 0.3 is 5.97 Å². The molecule has 1 amide bonds. The van der Waals surface area contributed by atoms with E-state index in [0.29, 0.717) is 12.1 Å². The Balaban J connectivity index is 1.80. The fourth-order valence-corrected chi connectivity index (χ4v) is 2.48. The molecule has 0 saturated carbocycles. The lowest BCUT2D eigenvalue weighted by Crippen LogP contribution is -2.34. The first-order chi connectivity index (χ1) is 11.6. The van der Waals surface area contributed by atoms with Crippen LogP contribution < -0.4 is 5.32 Å². The first-order valence-corrected chi connectivity index (χ1v) is 8.15. The van der Waals surface area contributed by atoms with E-state index in [2.05, 4.69) is 5.32 Å². The van der Waals surface area contributed by atoms with Crippen LogP contribution in [-0.2, 0) is 20.9 Å². The van der Waals surface area contributed by atoms with Crippen LogP contribution in [0.25, 0.3) is 6.08 Å². The molecule has 122 valence electrons. The van der Waals surface area contributed by atoms with E-state index < -0.39 is 12.1 Å². The van der Waals surface area contributed by atoms with Crippen molar-refractivity contribution >= 4 is 29.3 Å². The Morgan fingerprint density at radius 1 is 1.33 bits per heavy atom. The van der Waals surface area contributed by atoms with E-state index in [4.69, 9.17) is 10.00 Å². The van der Waals surface area contributed by atoms with Crippen LogP contribution in [0.1, 0.15) is 22.9 Å². The second-order valence-corrected chi connectivity index (χ2v) is 5.98. The van der Waals surface area contributed by atoms with Crippen molar-refractivity contribution in [3.05, 3.63) is 63.9 Å². The number of amides is 1. The molecule has 0 spiro atoms. The number of esters is 1. The van der Waals surface area contributed by atoms with E-state index >= 15 is 0 Å². The highest BCUT2D eigenvalue weighted by molar-refractivity contribution is 7.09. The van der Waals surface area contributed by atoms with Gasteiger partial charge in [-0.25, -0.2) is 4.79 Å². The molecule has 24 heavy (non-hydrogen) atoms. The summed E-state index contributed by atoms with van der Waals surface area (Å²) >= 11 is 1.55. The van der Waals surface area contributed by atoms with Crippen molar-refractivity contribution in [3.8, 4) is 6.07 Å². The molecule has 0 saturated heterocycles. The molecule has 0 unspecified atom stereocenters. The number of carbonyl (C=O) groups excluding carboxylic acids is 2. The average Bonchev–Trinajstić information content (AvgIpc) is 3.11. The molecule has 0 aliphatic rings. The van der Waals surface area contributed by atoms with Crippen LogP contribution in [0.4, 0.5) is 0 Å². The molecular formula is C18H16N2O3S. The second kappa shape index (κ2) is 8.65.